The molecular weight excluding hydrogens is 284 g/mol. The van der Waals surface area contributed by atoms with Gasteiger partial charge in [-0.3, -0.25) is 9.88 Å². The number of imidazole rings is 1. The zero-order chi connectivity index (χ0) is 15.6. The van der Waals surface area contributed by atoms with Crippen LogP contribution >= 0.6 is 0 Å². The largest absolute Gasteiger partial charge is 0.332 e. The Morgan fingerprint density at radius 1 is 1.17 bits per heavy atom. The Hall–Kier alpha value is -1.68. The van der Waals surface area contributed by atoms with Gasteiger partial charge in [-0.15, -0.1) is 0 Å². The Balaban J connectivity index is 1.41. The molecule has 2 aromatic rings. The van der Waals surface area contributed by atoms with Crippen LogP contribution in [-0.2, 0) is 13.1 Å². The SMILES string of the molecule is Cc1cnc(C2CC2)n1CC1CCCN(Cc2ccncc2)C1. The van der Waals surface area contributed by atoms with Crippen LogP contribution in [0.2, 0.25) is 0 Å². The molecule has 1 aliphatic heterocycles. The molecule has 122 valence electrons. The number of piperidine rings is 1. The van der Waals surface area contributed by atoms with Gasteiger partial charge in [-0.2, -0.15) is 0 Å². The number of hydrogen-bond donors (Lipinski definition) is 0. The van der Waals surface area contributed by atoms with Crippen LogP contribution in [-0.4, -0.2) is 32.5 Å². The summed E-state index contributed by atoms with van der Waals surface area (Å²) in [4.78, 5) is 11.4. The van der Waals surface area contributed by atoms with Gasteiger partial charge in [0.15, 0.2) is 0 Å². The van der Waals surface area contributed by atoms with Crippen LogP contribution in [0.5, 0.6) is 0 Å². The van der Waals surface area contributed by atoms with Crippen molar-refractivity contribution in [2.24, 2.45) is 5.92 Å². The first-order valence-electron chi connectivity index (χ1n) is 8.93. The topological polar surface area (TPSA) is 34.0 Å². The van der Waals surface area contributed by atoms with E-state index in [0.717, 1.165) is 24.9 Å². The number of pyridine rings is 1. The summed E-state index contributed by atoms with van der Waals surface area (Å²) in [5, 5.41) is 0. The van der Waals surface area contributed by atoms with Crippen molar-refractivity contribution in [1.82, 2.24) is 19.4 Å². The third-order valence-corrected chi connectivity index (χ3v) is 5.23. The van der Waals surface area contributed by atoms with Gasteiger partial charge < -0.3 is 4.57 Å². The lowest BCUT2D eigenvalue weighted by Gasteiger charge is -2.33. The molecule has 23 heavy (non-hydrogen) atoms. The van der Waals surface area contributed by atoms with E-state index in [9.17, 15) is 0 Å². The predicted molar refractivity (Wildman–Crippen MR) is 91.2 cm³/mol. The Morgan fingerprint density at radius 2 is 2.00 bits per heavy atom. The van der Waals surface area contributed by atoms with Crippen LogP contribution in [0.1, 0.15) is 48.7 Å². The van der Waals surface area contributed by atoms with Gasteiger partial charge in [0, 0.05) is 49.8 Å². The van der Waals surface area contributed by atoms with Gasteiger partial charge in [0.1, 0.15) is 5.82 Å². The van der Waals surface area contributed by atoms with Gasteiger partial charge in [-0.1, -0.05) is 0 Å². The Kier molecular flexibility index (Phi) is 4.17. The van der Waals surface area contributed by atoms with Gasteiger partial charge in [0.2, 0.25) is 0 Å². The van der Waals surface area contributed by atoms with Crippen LogP contribution in [0.25, 0.3) is 0 Å². The highest BCUT2D eigenvalue weighted by Gasteiger charge is 2.30. The van der Waals surface area contributed by atoms with E-state index in [4.69, 9.17) is 0 Å². The summed E-state index contributed by atoms with van der Waals surface area (Å²) in [5.74, 6) is 2.82. The predicted octanol–water partition coefficient (Wildman–Crippen LogP) is 3.38. The minimum absolute atomic E-state index is 0.736. The standard InChI is InChI=1S/C19H26N4/c1-15-11-21-19(18-4-5-18)23(15)14-17-3-2-10-22(13-17)12-16-6-8-20-9-7-16/h6-9,11,17-18H,2-5,10,12-14H2,1H3. The number of hydrogen-bond acceptors (Lipinski definition) is 3. The maximum Gasteiger partial charge on any atom is 0.111 e. The molecule has 4 rings (SSSR count). The average molecular weight is 310 g/mol. The van der Waals surface area contributed by atoms with Crippen molar-refractivity contribution >= 4 is 0 Å². The minimum Gasteiger partial charge on any atom is -0.332 e. The molecule has 0 radical (unpaired) electrons. The van der Waals surface area contributed by atoms with Crippen LogP contribution in [0, 0.1) is 12.8 Å². The molecule has 0 amide bonds. The summed E-state index contributed by atoms with van der Waals surface area (Å²) in [6.07, 6.45) is 11.2. The van der Waals surface area contributed by atoms with E-state index in [-0.39, 0.29) is 0 Å². The molecule has 0 N–H and O–H groups in total. The first kappa shape index (κ1) is 14.9. The molecule has 1 saturated heterocycles. The van der Waals surface area contributed by atoms with Crippen molar-refractivity contribution < 1.29 is 0 Å². The van der Waals surface area contributed by atoms with Crippen molar-refractivity contribution in [1.29, 1.82) is 0 Å². The summed E-state index contributed by atoms with van der Waals surface area (Å²) in [7, 11) is 0. The Labute approximate surface area is 138 Å². The highest BCUT2D eigenvalue weighted by Crippen LogP contribution is 2.40. The second-order valence-electron chi connectivity index (χ2n) is 7.24. The molecule has 1 unspecified atom stereocenters. The first-order chi connectivity index (χ1) is 11.3. The molecule has 1 atom stereocenters. The van der Waals surface area contributed by atoms with Crippen LogP contribution in [0.4, 0.5) is 0 Å². The third-order valence-electron chi connectivity index (χ3n) is 5.23. The summed E-state index contributed by atoms with van der Waals surface area (Å²) >= 11 is 0. The monoisotopic (exact) mass is 310 g/mol. The highest BCUT2D eigenvalue weighted by atomic mass is 15.1. The van der Waals surface area contributed by atoms with Crippen molar-refractivity contribution in [3.63, 3.8) is 0 Å². The Morgan fingerprint density at radius 3 is 2.78 bits per heavy atom. The molecule has 3 heterocycles. The van der Waals surface area contributed by atoms with E-state index >= 15 is 0 Å². The van der Waals surface area contributed by atoms with E-state index in [1.807, 2.05) is 12.4 Å². The fourth-order valence-corrected chi connectivity index (χ4v) is 3.83. The van der Waals surface area contributed by atoms with E-state index in [0.29, 0.717) is 0 Å². The fourth-order valence-electron chi connectivity index (χ4n) is 3.83. The molecule has 0 aromatic carbocycles. The van der Waals surface area contributed by atoms with Gasteiger partial charge in [0.05, 0.1) is 0 Å². The minimum atomic E-state index is 0.736. The molecule has 2 aliphatic rings. The molecule has 1 saturated carbocycles. The maximum atomic E-state index is 4.67. The van der Waals surface area contributed by atoms with E-state index in [1.54, 1.807) is 0 Å². The zero-order valence-corrected chi connectivity index (χ0v) is 14.0. The lowest BCUT2D eigenvalue weighted by Crippen LogP contribution is -2.36. The zero-order valence-electron chi connectivity index (χ0n) is 14.0. The van der Waals surface area contributed by atoms with Crippen molar-refractivity contribution in [2.75, 3.05) is 13.1 Å². The lowest BCUT2D eigenvalue weighted by atomic mass is 9.97. The normalized spacial score (nSPS) is 22.4. The second-order valence-corrected chi connectivity index (χ2v) is 7.24. The smallest absolute Gasteiger partial charge is 0.111 e. The Bertz CT molecular complexity index is 645. The summed E-state index contributed by atoms with van der Waals surface area (Å²) in [5.41, 5.74) is 2.70. The number of aromatic nitrogens is 3. The number of nitrogens with zero attached hydrogens (tertiary/aromatic N) is 4. The van der Waals surface area contributed by atoms with Crippen molar-refractivity contribution in [3.05, 3.63) is 47.8 Å². The molecule has 1 aliphatic carbocycles. The highest BCUT2D eigenvalue weighted by molar-refractivity contribution is 5.13. The van der Waals surface area contributed by atoms with Gasteiger partial charge in [-0.05, 0) is 62.8 Å². The summed E-state index contributed by atoms with van der Waals surface area (Å²) < 4.78 is 2.50. The molecule has 0 bridgehead atoms. The fraction of sp³-hybridized carbons (Fsp3) is 0.579. The van der Waals surface area contributed by atoms with Crippen molar-refractivity contribution in [3.8, 4) is 0 Å². The molecule has 2 fully saturated rings. The second kappa shape index (κ2) is 6.44. The van der Waals surface area contributed by atoms with Gasteiger partial charge >= 0.3 is 0 Å². The molecule has 0 spiro atoms. The summed E-state index contributed by atoms with van der Waals surface area (Å²) in [6.45, 7) is 6.82. The number of likely N-dealkylation sites (tertiary alicyclic amines) is 1. The van der Waals surface area contributed by atoms with Crippen LogP contribution in [0.15, 0.2) is 30.7 Å². The average Bonchev–Trinajstić information content (AvgIpc) is 3.35. The van der Waals surface area contributed by atoms with E-state index in [2.05, 4.69) is 44.7 Å². The number of rotatable bonds is 5. The molecule has 2 aromatic heterocycles. The molecule has 4 nitrogen and oxygen atoms in total. The quantitative estimate of drug-likeness (QED) is 0.849. The molecular formula is C19H26N4. The van der Waals surface area contributed by atoms with Gasteiger partial charge in [-0.25, -0.2) is 4.98 Å². The first-order valence-corrected chi connectivity index (χ1v) is 8.93. The molecule has 4 heteroatoms. The van der Waals surface area contributed by atoms with E-state index < -0.39 is 0 Å². The van der Waals surface area contributed by atoms with E-state index in [1.165, 1.54) is 55.9 Å². The van der Waals surface area contributed by atoms with Crippen LogP contribution in [0.3, 0.4) is 0 Å². The number of aryl methyl sites for hydroxylation is 1. The maximum absolute atomic E-state index is 4.67. The lowest BCUT2D eigenvalue weighted by molar-refractivity contribution is 0.155. The summed E-state index contributed by atoms with van der Waals surface area (Å²) in [6, 6.07) is 4.27. The van der Waals surface area contributed by atoms with Crippen LogP contribution < -0.4 is 0 Å². The van der Waals surface area contributed by atoms with Crippen molar-refractivity contribution in [2.45, 2.75) is 51.6 Å². The van der Waals surface area contributed by atoms with Gasteiger partial charge in [0.25, 0.3) is 0 Å². The third kappa shape index (κ3) is 3.47.